The minimum absolute atomic E-state index is 0.0380. The Morgan fingerprint density at radius 3 is 2.03 bits per heavy atom. The number of aryl methyl sites for hydroxylation is 3. The smallest absolute Gasteiger partial charge is 0.264 e. The molecule has 0 saturated heterocycles. The number of nitrogens with one attached hydrogen (secondary N) is 1. The molecule has 0 aromatic heterocycles. The molecular weight excluding hydrogens is 454 g/mol. The van der Waals surface area contributed by atoms with Crippen molar-refractivity contribution >= 4 is 28.5 Å². The quantitative estimate of drug-likeness (QED) is 0.304. The van der Waals surface area contributed by atoms with E-state index in [-0.39, 0.29) is 23.1 Å². The van der Waals surface area contributed by atoms with Gasteiger partial charge in [-0.25, -0.2) is 13.1 Å². The summed E-state index contributed by atoms with van der Waals surface area (Å²) in [6.07, 6.45) is 4.03. The van der Waals surface area contributed by atoms with Crippen LogP contribution in [0.25, 0.3) is 0 Å². The van der Waals surface area contributed by atoms with Gasteiger partial charge in [-0.2, -0.15) is 8.42 Å². The van der Waals surface area contributed by atoms with Crippen molar-refractivity contribution in [2.75, 3.05) is 19.5 Å². The summed E-state index contributed by atoms with van der Waals surface area (Å²) in [6.45, 7) is 15.9. The monoisotopic (exact) mass is 491 g/mol. The van der Waals surface area contributed by atoms with E-state index in [1.54, 1.807) is 19.9 Å². The average molecular weight is 492 g/mol. The van der Waals surface area contributed by atoms with Gasteiger partial charge in [0.05, 0.1) is 30.4 Å². The van der Waals surface area contributed by atoms with Crippen LogP contribution < -0.4 is 4.72 Å². The van der Waals surface area contributed by atoms with Gasteiger partial charge in [-0.1, -0.05) is 50.6 Å². The third-order valence-electron chi connectivity index (χ3n) is 5.36. The zero-order valence-corrected chi connectivity index (χ0v) is 22.7. The number of hydrogen-bond donors (Lipinski definition) is 1. The fourth-order valence-electron chi connectivity index (χ4n) is 2.88. The molecule has 0 aliphatic carbocycles. The van der Waals surface area contributed by atoms with Crippen LogP contribution in [0.15, 0.2) is 29.2 Å². The Kier molecular flexibility index (Phi) is 9.27. The van der Waals surface area contributed by atoms with Crippen LogP contribution in [0.2, 0.25) is 18.1 Å². The fourth-order valence-corrected chi connectivity index (χ4v) is 5.86. The Labute approximate surface area is 189 Å². The zero-order chi connectivity index (χ0) is 24.3. The van der Waals surface area contributed by atoms with Crippen LogP contribution >= 0.6 is 0 Å². The molecule has 0 saturated carbocycles. The molecule has 7 nitrogen and oxygen atoms in total. The highest BCUT2D eigenvalue weighted by molar-refractivity contribution is 7.89. The van der Waals surface area contributed by atoms with Crippen molar-refractivity contribution < 1.29 is 25.4 Å². The molecule has 1 atom stereocenters. The number of hydrogen-bond acceptors (Lipinski definition) is 6. The van der Waals surface area contributed by atoms with Gasteiger partial charge in [-0.15, -0.1) is 0 Å². The lowest BCUT2D eigenvalue weighted by Crippen LogP contribution is -2.45. The van der Waals surface area contributed by atoms with Gasteiger partial charge in [0.15, 0.2) is 8.32 Å². The van der Waals surface area contributed by atoms with Gasteiger partial charge in [0.25, 0.3) is 10.1 Å². The van der Waals surface area contributed by atoms with Crippen molar-refractivity contribution in [2.24, 2.45) is 0 Å². The molecule has 0 radical (unpaired) electrons. The molecule has 1 rings (SSSR count). The minimum atomic E-state index is -3.83. The molecule has 0 unspecified atom stereocenters. The molecule has 31 heavy (non-hydrogen) atoms. The molecule has 0 fully saturated rings. The highest BCUT2D eigenvalue weighted by Gasteiger charge is 2.37. The lowest BCUT2D eigenvalue weighted by atomic mass is 10.1. The summed E-state index contributed by atoms with van der Waals surface area (Å²) in [4.78, 5) is 0.246. The second-order valence-corrected chi connectivity index (χ2v) is 17.5. The van der Waals surface area contributed by atoms with Crippen molar-refractivity contribution in [3.05, 3.63) is 41.0 Å². The molecule has 0 amide bonds. The van der Waals surface area contributed by atoms with Gasteiger partial charge in [0, 0.05) is 0 Å². The Morgan fingerprint density at radius 2 is 1.58 bits per heavy atom. The first-order valence-corrected chi connectivity index (χ1v) is 16.3. The Hall–Kier alpha value is -1.04. The first-order chi connectivity index (χ1) is 13.9. The van der Waals surface area contributed by atoms with E-state index in [1.165, 1.54) is 6.08 Å². The SMILES string of the molecule is Cc1cc(C)c(S(=O)(=O)N[C@H](/C=C/COS(C)(=O)=O)CO[Si](C)(C)C(C)(C)C)c(C)c1. The molecule has 0 aliphatic heterocycles. The van der Waals surface area contributed by atoms with Gasteiger partial charge in [-0.05, 0) is 50.0 Å². The second kappa shape index (κ2) is 10.3. The van der Waals surface area contributed by atoms with Crippen LogP contribution in [0.5, 0.6) is 0 Å². The fraction of sp³-hybridized carbons (Fsp3) is 0.619. The molecular formula is C21H37NO6S2Si. The Morgan fingerprint density at radius 1 is 1.06 bits per heavy atom. The summed E-state index contributed by atoms with van der Waals surface area (Å²) in [5.74, 6) is 0. The minimum Gasteiger partial charge on any atom is -0.415 e. The lowest BCUT2D eigenvalue weighted by Gasteiger charge is -2.37. The topological polar surface area (TPSA) is 98.8 Å². The van der Waals surface area contributed by atoms with Crippen molar-refractivity contribution in [3.63, 3.8) is 0 Å². The van der Waals surface area contributed by atoms with Gasteiger partial charge >= 0.3 is 0 Å². The van der Waals surface area contributed by atoms with Gasteiger partial charge in [0.2, 0.25) is 10.0 Å². The van der Waals surface area contributed by atoms with Crippen LogP contribution in [0, 0.1) is 20.8 Å². The number of benzene rings is 1. The Balaban J connectivity index is 3.17. The van der Waals surface area contributed by atoms with Crippen LogP contribution in [-0.2, 0) is 28.8 Å². The standard InChI is InChI=1S/C21H37NO6S2Si/c1-16-13-17(2)20(18(3)14-16)30(25,26)22-19(11-10-12-27-29(7,23)24)15-28-31(8,9)21(4,5)6/h10-11,13-14,19,22H,12,15H2,1-9H3/b11-10+/t19-/m1/s1. The van der Waals surface area contributed by atoms with Crippen molar-refractivity contribution in [1.29, 1.82) is 0 Å². The molecule has 0 bridgehead atoms. The van der Waals surface area contributed by atoms with Crippen LogP contribution in [0.1, 0.15) is 37.5 Å². The summed E-state index contributed by atoms with van der Waals surface area (Å²) in [6, 6.07) is 2.99. The molecule has 0 spiro atoms. The van der Waals surface area contributed by atoms with E-state index in [2.05, 4.69) is 38.6 Å². The third kappa shape index (κ3) is 8.78. The van der Waals surface area contributed by atoms with Crippen molar-refractivity contribution in [3.8, 4) is 0 Å². The average Bonchev–Trinajstić information content (AvgIpc) is 2.52. The first kappa shape index (κ1) is 28.0. The molecule has 0 aliphatic rings. The summed E-state index contributed by atoms with van der Waals surface area (Å²) >= 11 is 0. The largest absolute Gasteiger partial charge is 0.415 e. The summed E-state index contributed by atoms with van der Waals surface area (Å²) in [7, 11) is -9.54. The number of rotatable bonds is 10. The van der Waals surface area contributed by atoms with E-state index in [1.807, 2.05) is 19.1 Å². The summed E-state index contributed by atoms with van der Waals surface area (Å²) in [5.41, 5.74) is 2.32. The van der Waals surface area contributed by atoms with Crippen molar-refractivity contribution in [2.45, 2.75) is 70.6 Å². The molecule has 178 valence electrons. The summed E-state index contributed by atoms with van der Waals surface area (Å²) in [5, 5.41) is -0.0380. The maximum Gasteiger partial charge on any atom is 0.264 e. The Bertz CT molecular complexity index is 986. The third-order valence-corrected chi connectivity index (χ3v) is 12.2. The van der Waals surface area contributed by atoms with E-state index < -0.39 is 34.5 Å². The molecule has 0 heterocycles. The summed E-state index contributed by atoms with van der Waals surface area (Å²) < 4.78 is 62.4. The predicted octanol–water partition coefficient (Wildman–Crippen LogP) is 3.81. The maximum atomic E-state index is 13.2. The highest BCUT2D eigenvalue weighted by atomic mass is 32.2. The second-order valence-electron chi connectivity index (χ2n) is 9.44. The lowest BCUT2D eigenvalue weighted by molar-refractivity contribution is 0.271. The first-order valence-electron chi connectivity index (χ1n) is 10.1. The number of sulfonamides is 1. The van der Waals surface area contributed by atoms with Gasteiger partial charge in [-0.3, -0.25) is 4.18 Å². The maximum absolute atomic E-state index is 13.2. The molecule has 1 aromatic carbocycles. The van der Waals surface area contributed by atoms with Gasteiger partial charge < -0.3 is 4.43 Å². The van der Waals surface area contributed by atoms with E-state index in [0.717, 1.165) is 11.8 Å². The zero-order valence-electron chi connectivity index (χ0n) is 20.1. The van der Waals surface area contributed by atoms with E-state index >= 15 is 0 Å². The molecule has 1 N–H and O–H groups in total. The van der Waals surface area contributed by atoms with Crippen molar-refractivity contribution in [1.82, 2.24) is 4.72 Å². The normalized spacial score (nSPS) is 14.9. The van der Waals surface area contributed by atoms with E-state index in [4.69, 9.17) is 8.61 Å². The van der Waals surface area contributed by atoms with Gasteiger partial charge in [0.1, 0.15) is 0 Å². The molecule has 1 aromatic rings. The van der Waals surface area contributed by atoms with Crippen LogP contribution in [0.4, 0.5) is 0 Å². The van der Waals surface area contributed by atoms with E-state index in [0.29, 0.717) is 11.1 Å². The predicted molar refractivity (Wildman–Crippen MR) is 128 cm³/mol. The van der Waals surface area contributed by atoms with Crippen LogP contribution in [-0.4, -0.2) is 50.7 Å². The van der Waals surface area contributed by atoms with Crippen LogP contribution in [0.3, 0.4) is 0 Å². The highest BCUT2D eigenvalue weighted by Crippen LogP contribution is 2.36. The van der Waals surface area contributed by atoms with E-state index in [9.17, 15) is 16.8 Å². The molecule has 10 heteroatoms.